The van der Waals surface area contributed by atoms with Crippen molar-refractivity contribution in [2.45, 2.75) is 70.5 Å². The van der Waals surface area contributed by atoms with E-state index < -0.39 is 5.97 Å². The van der Waals surface area contributed by atoms with Gasteiger partial charge in [-0.15, -0.1) is 0 Å². The molecule has 1 N–H and O–H groups in total. The Morgan fingerprint density at radius 1 is 1.31 bits per heavy atom. The molecule has 1 rings (SSSR count). The first-order valence-corrected chi connectivity index (χ1v) is 9.66. The predicted molar refractivity (Wildman–Crippen MR) is 102 cm³/mol. The minimum absolute atomic E-state index is 0.0652. The number of aliphatic carboxylic acids is 1. The summed E-state index contributed by atoms with van der Waals surface area (Å²) in [6, 6.07) is 0. The number of carboxylic acids is 1. The first-order valence-electron chi connectivity index (χ1n) is 9.66. The highest BCUT2D eigenvalue weighted by Crippen LogP contribution is 2.35. The van der Waals surface area contributed by atoms with Crippen LogP contribution in [0.15, 0.2) is 24.3 Å². The van der Waals surface area contributed by atoms with Crippen molar-refractivity contribution in [3.05, 3.63) is 24.3 Å². The van der Waals surface area contributed by atoms with E-state index in [4.69, 9.17) is 14.6 Å². The van der Waals surface area contributed by atoms with Gasteiger partial charge in [-0.2, -0.15) is 0 Å². The van der Waals surface area contributed by atoms with Gasteiger partial charge in [0.15, 0.2) is 0 Å². The number of hydrogen-bond acceptors (Lipinski definition) is 4. The fourth-order valence-corrected chi connectivity index (χ4v) is 3.43. The predicted octanol–water partition coefficient (Wildman–Crippen LogP) is 4.17. The van der Waals surface area contributed by atoms with Crippen molar-refractivity contribution in [3.8, 4) is 0 Å². The molecule has 4 atom stereocenters. The number of Topliss-reactive ketones (excluding diaryl/α,β-unsaturated/α-hetero) is 1. The summed E-state index contributed by atoms with van der Waals surface area (Å²) >= 11 is 0. The Morgan fingerprint density at radius 2 is 2.08 bits per heavy atom. The Kier molecular flexibility index (Phi) is 11.1. The Hall–Kier alpha value is -1.46. The molecule has 0 bridgehead atoms. The van der Waals surface area contributed by atoms with E-state index in [0.717, 1.165) is 25.7 Å². The van der Waals surface area contributed by atoms with Crippen LogP contribution in [0.5, 0.6) is 0 Å². The van der Waals surface area contributed by atoms with Crippen molar-refractivity contribution in [1.29, 1.82) is 0 Å². The SMILES string of the molecule is CCCCC(/C=C/[C@H]1C(OC)CC(=O)[C@@H]1C/C=C\CCCC(=O)O)OC. The molecule has 0 aliphatic heterocycles. The van der Waals surface area contributed by atoms with Crippen LogP contribution in [0, 0.1) is 11.8 Å². The van der Waals surface area contributed by atoms with E-state index in [1.54, 1.807) is 14.2 Å². The van der Waals surface area contributed by atoms with E-state index in [1.807, 2.05) is 12.2 Å². The van der Waals surface area contributed by atoms with Crippen LogP contribution in [-0.2, 0) is 19.1 Å². The summed E-state index contributed by atoms with van der Waals surface area (Å²) in [4.78, 5) is 22.9. The monoisotopic (exact) mass is 366 g/mol. The Bertz CT molecular complexity index is 483. The molecule has 148 valence electrons. The molecule has 0 aromatic carbocycles. The normalized spacial score (nSPS) is 24.7. The van der Waals surface area contributed by atoms with Gasteiger partial charge < -0.3 is 14.6 Å². The van der Waals surface area contributed by atoms with Crippen molar-refractivity contribution in [3.63, 3.8) is 0 Å². The second-order valence-electron chi connectivity index (χ2n) is 6.92. The lowest BCUT2D eigenvalue weighted by atomic mass is 9.90. The van der Waals surface area contributed by atoms with Crippen LogP contribution in [0.3, 0.4) is 0 Å². The number of carboxylic acid groups (broad SMARTS) is 1. The third-order valence-electron chi connectivity index (χ3n) is 5.02. The Morgan fingerprint density at radius 3 is 2.69 bits per heavy atom. The van der Waals surface area contributed by atoms with Crippen molar-refractivity contribution in [1.82, 2.24) is 0 Å². The summed E-state index contributed by atoms with van der Waals surface area (Å²) in [5.41, 5.74) is 0. The zero-order valence-corrected chi connectivity index (χ0v) is 16.4. The number of hydrogen-bond donors (Lipinski definition) is 1. The van der Waals surface area contributed by atoms with Crippen LogP contribution >= 0.6 is 0 Å². The molecular weight excluding hydrogens is 332 g/mol. The molecule has 1 saturated carbocycles. The van der Waals surface area contributed by atoms with Gasteiger partial charge in [0.05, 0.1) is 12.2 Å². The molecule has 5 heteroatoms. The highest BCUT2D eigenvalue weighted by molar-refractivity contribution is 5.84. The highest BCUT2D eigenvalue weighted by atomic mass is 16.5. The van der Waals surface area contributed by atoms with Gasteiger partial charge in [-0.05, 0) is 25.7 Å². The number of ketones is 1. The van der Waals surface area contributed by atoms with Crippen molar-refractivity contribution in [2.75, 3.05) is 14.2 Å². The largest absolute Gasteiger partial charge is 0.481 e. The molecule has 0 amide bonds. The lowest BCUT2D eigenvalue weighted by Crippen LogP contribution is -2.20. The second-order valence-corrected chi connectivity index (χ2v) is 6.92. The summed E-state index contributed by atoms with van der Waals surface area (Å²) in [6.45, 7) is 2.16. The minimum Gasteiger partial charge on any atom is -0.481 e. The summed E-state index contributed by atoms with van der Waals surface area (Å²) < 4.78 is 11.1. The number of rotatable bonds is 13. The molecule has 0 aromatic heterocycles. The molecule has 1 fully saturated rings. The van der Waals surface area contributed by atoms with Gasteiger partial charge in [-0.1, -0.05) is 44.1 Å². The van der Waals surface area contributed by atoms with Crippen LogP contribution in [0.2, 0.25) is 0 Å². The van der Waals surface area contributed by atoms with Gasteiger partial charge in [0.1, 0.15) is 5.78 Å². The molecule has 0 saturated heterocycles. The number of carbonyl (C=O) groups is 2. The first kappa shape index (κ1) is 22.6. The van der Waals surface area contributed by atoms with E-state index in [1.165, 1.54) is 0 Å². The van der Waals surface area contributed by atoms with Crippen molar-refractivity contribution < 1.29 is 24.2 Å². The highest BCUT2D eigenvalue weighted by Gasteiger charge is 2.40. The van der Waals surface area contributed by atoms with E-state index >= 15 is 0 Å². The molecule has 1 aliphatic rings. The summed E-state index contributed by atoms with van der Waals surface area (Å²) in [5, 5.41) is 8.65. The van der Waals surface area contributed by atoms with E-state index in [9.17, 15) is 9.59 Å². The third kappa shape index (κ3) is 7.83. The third-order valence-corrected chi connectivity index (χ3v) is 5.02. The Balaban J connectivity index is 2.64. The maximum Gasteiger partial charge on any atom is 0.303 e. The average molecular weight is 366 g/mol. The maximum absolute atomic E-state index is 12.4. The molecule has 5 nitrogen and oxygen atoms in total. The van der Waals surface area contributed by atoms with Crippen LogP contribution in [0.4, 0.5) is 0 Å². The summed E-state index contributed by atoms with van der Waals surface area (Å²) in [6.07, 6.45) is 14.1. The fraction of sp³-hybridized carbons (Fsp3) is 0.714. The zero-order chi connectivity index (χ0) is 19.4. The molecule has 2 unspecified atom stereocenters. The fourth-order valence-electron chi connectivity index (χ4n) is 3.43. The lowest BCUT2D eigenvalue weighted by Gasteiger charge is -2.20. The smallest absolute Gasteiger partial charge is 0.303 e. The molecule has 0 radical (unpaired) electrons. The Labute approximate surface area is 157 Å². The molecule has 0 heterocycles. The van der Waals surface area contributed by atoms with Gasteiger partial charge >= 0.3 is 5.97 Å². The lowest BCUT2D eigenvalue weighted by molar-refractivity contribution is -0.137. The zero-order valence-electron chi connectivity index (χ0n) is 16.4. The number of unbranched alkanes of at least 4 members (excludes halogenated alkanes) is 2. The van der Waals surface area contributed by atoms with Crippen LogP contribution in [0.25, 0.3) is 0 Å². The summed E-state index contributed by atoms with van der Waals surface area (Å²) in [5.74, 6) is -0.538. The standard InChI is InChI=1S/C21H34O5/c1-4-5-10-16(25-2)13-14-18-17(19(22)15-20(18)26-3)11-8-6-7-9-12-21(23)24/h6,8,13-14,16-18,20H,4-5,7,9-12,15H2,1-3H3,(H,23,24)/b8-6-,14-13+/t16?,17-,18-,20?/m1/s1. The molecule has 26 heavy (non-hydrogen) atoms. The van der Waals surface area contributed by atoms with E-state index in [-0.39, 0.29) is 36.2 Å². The van der Waals surface area contributed by atoms with Crippen LogP contribution in [0.1, 0.15) is 58.3 Å². The van der Waals surface area contributed by atoms with E-state index in [0.29, 0.717) is 19.3 Å². The minimum atomic E-state index is -0.770. The molecule has 0 aromatic rings. The number of carbonyl (C=O) groups excluding carboxylic acids is 1. The molecule has 0 spiro atoms. The quantitative estimate of drug-likeness (QED) is 0.391. The number of ether oxygens (including phenoxy) is 2. The van der Waals surface area contributed by atoms with Gasteiger partial charge in [0.25, 0.3) is 0 Å². The topological polar surface area (TPSA) is 72.8 Å². The van der Waals surface area contributed by atoms with Crippen LogP contribution < -0.4 is 0 Å². The summed E-state index contributed by atoms with van der Waals surface area (Å²) in [7, 11) is 3.38. The van der Waals surface area contributed by atoms with Gasteiger partial charge in [0.2, 0.25) is 0 Å². The van der Waals surface area contributed by atoms with Crippen molar-refractivity contribution in [2.24, 2.45) is 11.8 Å². The number of methoxy groups -OCH3 is 2. The van der Waals surface area contributed by atoms with E-state index in [2.05, 4.69) is 19.1 Å². The number of allylic oxidation sites excluding steroid dienone is 2. The maximum atomic E-state index is 12.4. The second kappa shape index (κ2) is 12.8. The van der Waals surface area contributed by atoms with Crippen LogP contribution in [-0.4, -0.2) is 43.3 Å². The van der Waals surface area contributed by atoms with Gasteiger partial charge in [-0.3, -0.25) is 9.59 Å². The average Bonchev–Trinajstić information content (AvgIpc) is 2.93. The molecular formula is C21H34O5. The van der Waals surface area contributed by atoms with Crippen molar-refractivity contribution >= 4 is 11.8 Å². The molecule has 1 aliphatic carbocycles. The van der Waals surface area contributed by atoms with Gasteiger partial charge in [0, 0.05) is 38.9 Å². The first-order chi connectivity index (χ1) is 12.5. The van der Waals surface area contributed by atoms with Gasteiger partial charge in [-0.25, -0.2) is 0 Å².